The molecule has 0 aliphatic heterocycles. The first-order valence-electron chi connectivity index (χ1n) is 3.36. The van der Waals surface area contributed by atoms with Crippen LogP contribution in [0.15, 0.2) is 22.8 Å². The van der Waals surface area contributed by atoms with E-state index in [1.165, 1.54) is 13.2 Å². The standard InChI is InChI=1S/C6H8BrN3O2S/c1-8-13(11,12)10-6-3-2-5(7)4-9-6/h2-4,8H,1H3,(H,9,10). The molecule has 1 aromatic rings. The number of nitrogens with one attached hydrogen (secondary N) is 2. The zero-order valence-corrected chi connectivity index (χ0v) is 9.18. The van der Waals surface area contributed by atoms with Crippen molar-refractivity contribution >= 4 is 32.0 Å². The molecule has 7 heteroatoms. The van der Waals surface area contributed by atoms with Gasteiger partial charge in [-0.1, -0.05) is 0 Å². The van der Waals surface area contributed by atoms with Gasteiger partial charge in [-0.3, -0.25) is 4.72 Å². The average Bonchev–Trinajstić information content (AvgIpc) is 2.09. The Morgan fingerprint density at radius 2 is 2.15 bits per heavy atom. The Hall–Kier alpha value is -0.660. The number of pyridine rings is 1. The minimum atomic E-state index is -3.46. The molecule has 1 heterocycles. The molecular formula is C6H8BrN3O2S. The Morgan fingerprint density at radius 3 is 2.62 bits per heavy atom. The van der Waals surface area contributed by atoms with Crippen molar-refractivity contribution in [2.45, 2.75) is 0 Å². The van der Waals surface area contributed by atoms with Crippen LogP contribution < -0.4 is 9.44 Å². The number of hydrogen-bond donors (Lipinski definition) is 2. The molecule has 0 spiro atoms. The van der Waals surface area contributed by atoms with Crippen LogP contribution in [0.25, 0.3) is 0 Å². The predicted octanol–water partition coefficient (Wildman–Crippen LogP) is 0.720. The van der Waals surface area contributed by atoms with Crippen molar-refractivity contribution in [2.75, 3.05) is 11.8 Å². The summed E-state index contributed by atoms with van der Waals surface area (Å²) in [6, 6.07) is 3.25. The Labute approximate surface area is 84.9 Å². The van der Waals surface area contributed by atoms with E-state index in [1.54, 1.807) is 12.1 Å². The number of nitrogens with zero attached hydrogens (tertiary/aromatic N) is 1. The topological polar surface area (TPSA) is 71.1 Å². The van der Waals surface area contributed by atoms with Gasteiger partial charge in [0, 0.05) is 17.7 Å². The lowest BCUT2D eigenvalue weighted by molar-refractivity contribution is 0.593. The summed E-state index contributed by atoms with van der Waals surface area (Å²) < 4.78 is 27.1. The van der Waals surface area contributed by atoms with Crippen LogP contribution >= 0.6 is 15.9 Å². The third-order valence-corrected chi connectivity index (χ3v) is 2.72. The minimum absolute atomic E-state index is 0.276. The summed E-state index contributed by atoms with van der Waals surface area (Å²) in [7, 11) is -2.14. The third kappa shape index (κ3) is 3.29. The van der Waals surface area contributed by atoms with Crippen LogP contribution in [0.4, 0.5) is 5.82 Å². The van der Waals surface area contributed by atoms with Gasteiger partial charge in [-0.15, -0.1) is 0 Å². The molecular weight excluding hydrogens is 258 g/mol. The Balaban J connectivity index is 2.82. The van der Waals surface area contributed by atoms with Gasteiger partial charge >= 0.3 is 0 Å². The highest BCUT2D eigenvalue weighted by Gasteiger charge is 2.05. The zero-order valence-electron chi connectivity index (χ0n) is 6.78. The van der Waals surface area contributed by atoms with E-state index in [1.807, 2.05) is 0 Å². The molecule has 1 aromatic heterocycles. The second-order valence-corrected chi connectivity index (χ2v) is 4.71. The monoisotopic (exact) mass is 265 g/mol. The van der Waals surface area contributed by atoms with Gasteiger partial charge in [-0.25, -0.2) is 9.71 Å². The van der Waals surface area contributed by atoms with Crippen LogP contribution in [0.5, 0.6) is 0 Å². The second kappa shape index (κ2) is 4.03. The van der Waals surface area contributed by atoms with Crippen LogP contribution in [0.3, 0.4) is 0 Å². The Kier molecular flexibility index (Phi) is 3.23. The molecule has 5 nitrogen and oxygen atoms in total. The summed E-state index contributed by atoms with van der Waals surface area (Å²) >= 11 is 3.19. The minimum Gasteiger partial charge on any atom is -0.255 e. The predicted molar refractivity (Wildman–Crippen MR) is 53.5 cm³/mol. The molecule has 0 unspecified atom stereocenters. The van der Waals surface area contributed by atoms with E-state index in [-0.39, 0.29) is 5.82 Å². The molecule has 0 aromatic carbocycles. The number of hydrogen-bond acceptors (Lipinski definition) is 3. The van der Waals surface area contributed by atoms with E-state index in [9.17, 15) is 8.42 Å². The molecule has 1 rings (SSSR count). The maximum Gasteiger partial charge on any atom is 0.300 e. The van der Waals surface area contributed by atoms with E-state index >= 15 is 0 Å². The van der Waals surface area contributed by atoms with Crippen molar-refractivity contribution in [3.8, 4) is 0 Å². The van der Waals surface area contributed by atoms with Crippen LogP contribution in [0.1, 0.15) is 0 Å². The lowest BCUT2D eigenvalue weighted by Gasteiger charge is -2.04. The van der Waals surface area contributed by atoms with Gasteiger partial charge in [-0.2, -0.15) is 8.42 Å². The van der Waals surface area contributed by atoms with Crippen LogP contribution in [0, 0.1) is 0 Å². The second-order valence-electron chi connectivity index (χ2n) is 2.17. The van der Waals surface area contributed by atoms with Crippen LogP contribution in [-0.4, -0.2) is 20.4 Å². The van der Waals surface area contributed by atoms with E-state index in [4.69, 9.17) is 0 Å². The fourth-order valence-corrected chi connectivity index (χ4v) is 1.36. The normalized spacial score (nSPS) is 11.2. The molecule has 0 atom stereocenters. The number of rotatable bonds is 3. The fourth-order valence-electron chi connectivity index (χ4n) is 0.625. The highest BCUT2D eigenvalue weighted by atomic mass is 79.9. The van der Waals surface area contributed by atoms with Gasteiger partial charge in [0.2, 0.25) is 0 Å². The zero-order chi connectivity index (χ0) is 9.90. The molecule has 0 saturated heterocycles. The summed E-state index contributed by atoms with van der Waals surface area (Å²) in [5.41, 5.74) is 0. The van der Waals surface area contributed by atoms with Gasteiger partial charge in [-0.05, 0) is 28.1 Å². The molecule has 0 saturated carbocycles. The summed E-state index contributed by atoms with van der Waals surface area (Å²) in [6.07, 6.45) is 1.51. The molecule has 13 heavy (non-hydrogen) atoms. The van der Waals surface area contributed by atoms with Crippen LogP contribution in [-0.2, 0) is 10.2 Å². The van der Waals surface area contributed by atoms with Gasteiger partial charge in [0.25, 0.3) is 10.2 Å². The van der Waals surface area contributed by atoms with E-state index in [2.05, 4.69) is 30.4 Å². The quantitative estimate of drug-likeness (QED) is 0.846. The lowest BCUT2D eigenvalue weighted by Crippen LogP contribution is -2.26. The molecule has 0 aliphatic carbocycles. The molecule has 0 aliphatic rings. The van der Waals surface area contributed by atoms with Crippen molar-refractivity contribution in [2.24, 2.45) is 0 Å². The maximum absolute atomic E-state index is 11.0. The van der Waals surface area contributed by atoms with Gasteiger partial charge in [0.15, 0.2) is 0 Å². The van der Waals surface area contributed by atoms with Gasteiger partial charge in [0.05, 0.1) is 0 Å². The van der Waals surface area contributed by atoms with Crippen molar-refractivity contribution in [1.82, 2.24) is 9.71 Å². The Bertz CT molecular complexity index is 375. The third-order valence-electron chi connectivity index (χ3n) is 1.24. The summed E-state index contributed by atoms with van der Waals surface area (Å²) in [5, 5.41) is 0. The smallest absolute Gasteiger partial charge is 0.255 e. The first kappa shape index (κ1) is 10.4. The SMILES string of the molecule is CNS(=O)(=O)Nc1ccc(Br)cn1. The Morgan fingerprint density at radius 1 is 1.46 bits per heavy atom. The first-order valence-corrected chi connectivity index (χ1v) is 5.64. The maximum atomic E-state index is 11.0. The van der Waals surface area contributed by atoms with E-state index in [0.717, 1.165) is 4.47 Å². The molecule has 0 bridgehead atoms. The molecule has 0 amide bonds. The number of aromatic nitrogens is 1. The molecule has 0 fully saturated rings. The van der Waals surface area contributed by atoms with E-state index in [0.29, 0.717) is 0 Å². The van der Waals surface area contributed by atoms with E-state index < -0.39 is 10.2 Å². The van der Waals surface area contributed by atoms with Crippen molar-refractivity contribution < 1.29 is 8.42 Å². The average molecular weight is 266 g/mol. The highest BCUT2D eigenvalue weighted by Crippen LogP contribution is 2.10. The molecule has 0 radical (unpaired) electrons. The van der Waals surface area contributed by atoms with Crippen molar-refractivity contribution in [1.29, 1.82) is 0 Å². The van der Waals surface area contributed by atoms with Crippen molar-refractivity contribution in [3.05, 3.63) is 22.8 Å². The number of halogens is 1. The largest absolute Gasteiger partial charge is 0.300 e. The van der Waals surface area contributed by atoms with Crippen LogP contribution in [0.2, 0.25) is 0 Å². The summed E-state index contributed by atoms with van der Waals surface area (Å²) in [4.78, 5) is 3.83. The fraction of sp³-hybridized carbons (Fsp3) is 0.167. The summed E-state index contributed by atoms with van der Waals surface area (Å²) in [5.74, 6) is 0.276. The first-order chi connectivity index (χ1) is 6.03. The van der Waals surface area contributed by atoms with Gasteiger partial charge in [0.1, 0.15) is 5.82 Å². The number of anilines is 1. The lowest BCUT2D eigenvalue weighted by atomic mass is 10.5. The highest BCUT2D eigenvalue weighted by molar-refractivity contribution is 9.10. The van der Waals surface area contributed by atoms with Crippen molar-refractivity contribution in [3.63, 3.8) is 0 Å². The van der Waals surface area contributed by atoms with Gasteiger partial charge < -0.3 is 0 Å². The molecule has 2 N–H and O–H groups in total. The summed E-state index contributed by atoms with van der Waals surface area (Å²) in [6.45, 7) is 0. The molecule has 72 valence electrons.